The Bertz CT molecular complexity index is 173. The first-order chi connectivity index (χ1) is 6.20. The zero-order valence-electron chi connectivity index (χ0n) is 8.63. The molecule has 0 amide bonds. The molecule has 0 N–H and O–H groups in total. The predicted octanol–water partition coefficient (Wildman–Crippen LogP) is 1.92. The third-order valence-electron chi connectivity index (χ3n) is 1.39. The van der Waals surface area contributed by atoms with E-state index in [-0.39, 0.29) is 5.78 Å². The van der Waals surface area contributed by atoms with Crippen molar-refractivity contribution in [2.24, 2.45) is 0 Å². The van der Waals surface area contributed by atoms with Crippen molar-refractivity contribution in [2.75, 3.05) is 19.8 Å². The Labute approximate surface area is 79.7 Å². The topological polar surface area (TPSA) is 35.5 Å². The van der Waals surface area contributed by atoms with E-state index in [2.05, 4.69) is 0 Å². The highest BCUT2D eigenvalue weighted by molar-refractivity contribution is 5.77. The van der Waals surface area contributed by atoms with Gasteiger partial charge >= 0.3 is 0 Å². The van der Waals surface area contributed by atoms with E-state index < -0.39 is 0 Å². The monoisotopic (exact) mass is 186 g/mol. The van der Waals surface area contributed by atoms with E-state index >= 15 is 0 Å². The van der Waals surface area contributed by atoms with Gasteiger partial charge in [-0.15, -0.1) is 0 Å². The van der Waals surface area contributed by atoms with Crippen LogP contribution in [0, 0.1) is 0 Å². The largest absolute Gasteiger partial charge is 0.498 e. The maximum Gasteiger partial charge on any atom is 0.137 e. The summed E-state index contributed by atoms with van der Waals surface area (Å²) in [6, 6.07) is 0. The lowest BCUT2D eigenvalue weighted by atomic mass is 10.2. The fourth-order valence-corrected chi connectivity index (χ4v) is 0.883. The Morgan fingerprint density at radius 1 is 1.31 bits per heavy atom. The lowest BCUT2D eigenvalue weighted by Crippen LogP contribution is -2.00. The molecular weight excluding hydrogens is 168 g/mol. The molecule has 0 heterocycles. The van der Waals surface area contributed by atoms with E-state index in [0.717, 1.165) is 0 Å². The summed E-state index contributed by atoms with van der Waals surface area (Å²) < 4.78 is 10.4. The van der Waals surface area contributed by atoms with Crippen LogP contribution in [0.15, 0.2) is 11.8 Å². The molecular formula is C10H18O3. The summed E-state index contributed by atoms with van der Waals surface area (Å²) in [5.41, 5.74) is 0. The molecule has 76 valence electrons. The van der Waals surface area contributed by atoms with Crippen LogP contribution in [-0.2, 0) is 14.3 Å². The van der Waals surface area contributed by atoms with Gasteiger partial charge in [0.2, 0.25) is 0 Å². The molecule has 0 unspecified atom stereocenters. The van der Waals surface area contributed by atoms with Gasteiger partial charge in [0.25, 0.3) is 0 Å². The second-order valence-corrected chi connectivity index (χ2v) is 2.64. The first kappa shape index (κ1) is 12.2. The molecule has 0 spiro atoms. The van der Waals surface area contributed by atoms with E-state index in [1.807, 2.05) is 19.9 Å². The maximum absolute atomic E-state index is 10.8. The molecule has 0 aromatic carbocycles. The minimum atomic E-state index is 0.108. The van der Waals surface area contributed by atoms with Gasteiger partial charge in [0.15, 0.2) is 0 Å². The van der Waals surface area contributed by atoms with E-state index in [9.17, 15) is 4.79 Å². The molecule has 0 saturated carbocycles. The SMILES string of the molecule is CCOCC=C(CC(C)=O)OCC. The highest BCUT2D eigenvalue weighted by Gasteiger charge is 2.00. The molecule has 3 nitrogen and oxygen atoms in total. The van der Waals surface area contributed by atoms with Crippen LogP contribution in [0.5, 0.6) is 0 Å². The Hall–Kier alpha value is -0.830. The molecule has 3 heteroatoms. The van der Waals surface area contributed by atoms with Gasteiger partial charge in [-0.05, 0) is 26.8 Å². The number of ether oxygens (including phenoxy) is 2. The summed E-state index contributed by atoms with van der Waals surface area (Å²) in [5, 5.41) is 0. The lowest BCUT2D eigenvalue weighted by molar-refractivity contribution is -0.117. The van der Waals surface area contributed by atoms with Gasteiger partial charge < -0.3 is 9.47 Å². The number of Topliss-reactive ketones (excluding diaryl/α,β-unsaturated/α-hetero) is 1. The molecule has 0 atom stereocenters. The fraction of sp³-hybridized carbons (Fsp3) is 0.700. The summed E-state index contributed by atoms with van der Waals surface area (Å²) >= 11 is 0. The number of carbonyl (C=O) groups excluding carboxylic acids is 1. The zero-order valence-corrected chi connectivity index (χ0v) is 8.63. The van der Waals surface area contributed by atoms with Crippen molar-refractivity contribution in [3.8, 4) is 0 Å². The summed E-state index contributed by atoms with van der Waals surface area (Å²) in [7, 11) is 0. The minimum Gasteiger partial charge on any atom is -0.498 e. The Morgan fingerprint density at radius 3 is 2.46 bits per heavy atom. The van der Waals surface area contributed by atoms with Crippen molar-refractivity contribution in [3.63, 3.8) is 0 Å². The molecule has 0 aliphatic rings. The van der Waals surface area contributed by atoms with Crippen molar-refractivity contribution in [2.45, 2.75) is 27.2 Å². The minimum absolute atomic E-state index is 0.108. The normalized spacial score (nSPS) is 11.5. The molecule has 0 aromatic heterocycles. The van der Waals surface area contributed by atoms with Gasteiger partial charge in [-0.3, -0.25) is 4.79 Å². The maximum atomic E-state index is 10.8. The van der Waals surface area contributed by atoms with Crippen molar-refractivity contribution in [1.82, 2.24) is 0 Å². The Kier molecular flexibility index (Phi) is 7.30. The Morgan fingerprint density at radius 2 is 2.00 bits per heavy atom. The number of rotatable bonds is 7. The van der Waals surface area contributed by atoms with E-state index in [4.69, 9.17) is 9.47 Å². The lowest BCUT2D eigenvalue weighted by Gasteiger charge is -2.06. The molecule has 0 aromatic rings. The molecule has 0 aliphatic carbocycles. The standard InChI is InChI=1S/C10H18O3/c1-4-12-7-6-10(13-5-2)8-9(3)11/h6H,4-5,7-8H2,1-3H3. The van der Waals surface area contributed by atoms with E-state index in [1.165, 1.54) is 0 Å². The van der Waals surface area contributed by atoms with Gasteiger partial charge in [0.1, 0.15) is 11.5 Å². The van der Waals surface area contributed by atoms with Crippen molar-refractivity contribution >= 4 is 5.78 Å². The molecule has 13 heavy (non-hydrogen) atoms. The smallest absolute Gasteiger partial charge is 0.137 e. The number of hydrogen-bond acceptors (Lipinski definition) is 3. The first-order valence-electron chi connectivity index (χ1n) is 4.59. The second kappa shape index (κ2) is 7.80. The van der Waals surface area contributed by atoms with Gasteiger partial charge in [-0.25, -0.2) is 0 Å². The van der Waals surface area contributed by atoms with Crippen LogP contribution in [-0.4, -0.2) is 25.6 Å². The van der Waals surface area contributed by atoms with Crippen LogP contribution < -0.4 is 0 Å². The summed E-state index contributed by atoms with van der Waals surface area (Å²) in [6.07, 6.45) is 2.18. The number of hydrogen-bond donors (Lipinski definition) is 0. The Balaban J connectivity index is 3.90. The highest BCUT2D eigenvalue weighted by atomic mass is 16.5. The number of ketones is 1. The molecule has 0 rings (SSSR count). The number of allylic oxidation sites excluding steroid dienone is 1. The van der Waals surface area contributed by atoms with Crippen molar-refractivity contribution in [3.05, 3.63) is 11.8 Å². The average molecular weight is 186 g/mol. The van der Waals surface area contributed by atoms with Gasteiger partial charge in [-0.2, -0.15) is 0 Å². The third-order valence-corrected chi connectivity index (χ3v) is 1.39. The van der Waals surface area contributed by atoms with Gasteiger partial charge in [0, 0.05) is 6.61 Å². The molecule has 0 saturated heterocycles. The summed E-state index contributed by atoms with van der Waals surface area (Å²) in [6.45, 7) is 7.15. The number of carbonyl (C=O) groups is 1. The van der Waals surface area contributed by atoms with Gasteiger partial charge in [0.05, 0.1) is 19.6 Å². The fourth-order valence-electron chi connectivity index (χ4n) is 0.883. The predicted molar refractivity (Wildman–Crippen MR) is 51.5 cm³/mol. The highest BCUT2D eigenvalue weighted by Crippen LogP contribution is 2.04. The van der Waals surface area contributed by atoms with Gasteiger partial charge in [-0.1, -0.05) is 0 Å². The average Bonchev–Trinajstić information content (AvgIpc) is 2.04. The van der Waals surface area contributed by atoms with E-state index in [1.54, 1.807) is 6.92 Å². The first-order valence-corrected chi connectivity index (χ1v) is 4.59. The molecule has 0 bridgehead atoms. The van der Waals surface area contributed by atoms with Crippen LogP contribution in [0.25, 0.3) is 0 Å². The second-order valence-electron chi connectivity index (χ2n) is 2.64. The van der Waals surface area contributed by atoms with Crippen LogP contribution >= 0.6 is 0 Å². The van der Waals surface area contributed by atoms with Crippen molar-refractivity contribution in [1.29, 1.82) is 0 Å². The van der Waals surface area contributed by atoms with Crippen LogP contribution in [0.3, 0.4) is 0 Å². The van der Waals surface area contributed by atoms with Crippen LogP contribution in [0.2, 0.25) is 0 Å². The summed E-state index contributed by atoms with van der Waals surface area (Å²) in [4.78, 5) is 10.8. The summed E-state index contributed by atoms with van der Waals surface area (Å²) in [5.74, 6) is 0.819. The van der Waals surface area contributed by atoms with Crippen molar-refractivity contribution < 1.29 is 14.3 Å². The third kappa shape index (κ3) is 7.53. The van der Waals surface area contributed by atoms with Crippen LogP contribution in [0.1, 0.15) is 27.2 Å². The molecule has 0 radical (unpaired) electrons. The van der Waals surface area contributed by atoms with E-state index in [0.29, 0.717) is 32.0 Å². The molecule has 0 aliphatic heterocycles. The van der Waals surface area contributed by atoms with Crippen LogP contribution in [0.4, 0.5) is 0 Å². The molecule has 0 fully saturated rings. The zero-order chi connectivity index (χ0) is 10.1. The quantitative estimate of drug-likeness (QED) is 0.450.